The standard InChI is InChI=1S/C22H23N5O3/c1-4-5-9-30-19-14-24-17(13-25-19)18(28)11-15-7-6-8-16(10-15)22(2)12-20(29)27(3)21(23)26-22/h6-8,10,13-14H,9,11-12H2,1-3H3,(H2,23,26). The van der Waals surface area contributed by atoms with E-state index in [9.17, 15) is 9.59 Å². The maximum atomic E-state index is 12.6. The van der Waals surface area contributed by atoms with E-state index in [1.807, 2.05) is 31.2 Å². The Kier molecular flexibility index (Phi) is 6.11. The van der Waals surface area contributed by atoms with Crippen LogP contribution in [0.4, 0.5) is 0 Å². The van der Waals surface area contributed by atoms with Gasteiger partial charge in [-0.2, -0.15) is 0 Å². The smallest absolute Gasteiger partial charge is 0.233 e. The number of carbonyl (C=O) groups excluding carboxylic acids is 2. The minimum Gasteiger partial charge on any atom is -0.463 e. The summed E-state index contributed by atoms with van der Waals surface area (Å²) in [7, 11) is 1.60. The molecule has 1 atom stereocenters. The van der Waals surface area contributed by atoms with E-state index in [1.165, 1.54) is 17.3 Å². The van der Waals surface area contributed by atoms with Crippen molar-refractivity contribution in [2.24, 2.45) is 10.7 Å². The zero-order valence-electron chi connectivity index (χ0n) is 17.2. The lowest BCUT2D eigenvalue weighted by Gasteiger charge is -2.33. The minimum absolute atomic E-state index is 0.103. The Morgan fingerprint density at radius 3 is 2.80 bits per heavy atom. The van der Waals surface area contributed by atoms with Crippen LogP contribution >= 0.6 is 0 Å². The molecule has 1 aliphatic rings. The average Bonchev–Trinajstić information content (AvgIpc) is 2.73. The lowest BCUT2D eigenvalue weighted by molar-refractivity contribution is -0.128. The number of hydrogen-bond donors (Lipinski definition) is 1. The molecule has 1 aromatic carbocycles. The predicted octanol–water partition coefficient (Wildman–Crippen LogP) is 1.70. The lowest BCUT2D eigenvalue weighted by atomic mass is 9.86. The topological polar surface area (TPSA) is 111 Å². The first-order valence-corrected chi connectivity index (χ1v) is 9.41. The molecule has 1 unspecified atom stereocenters. The summed E-state index contributed by atoms with van der Waals surface area (Å²) in [5.41, 5.74) is 6.99. The predicted molar refractivity (Wildman–Crippen MR) is 112 cm³/mol. The van der Waals surface area contributed by atoms with Crippen LogP contribution in [-0.4, -0.2) is 46.2 Å². The summed E-state index contributed by atoms with van der Waals surface area (Å²) in [5, 5.41) is 0. The molecule has 2 heterocycles. The highest BCUT2D eigenvalue weighted by molar-refractivity contribution is 5.99. The van der Waals surface area contributed by atoms with Crippen LogP contribution in [0, 0.1) is 11.8 Å². The third kappa shape index (κ3) is 4.63. The number of ketones is 1. The third-order valence-electron chi connectivity index (χ3n) is 4.87. The molecule has 0 saturated heterocycles. The molecular weight excluding hydrogens is 382 g/mol. The van der Waals surface area contributed by atoms with Gasteiger partial charge < -0.3 is 10.5 Å². The second-order valence-corrected chi connectivity index (χ2v) is 7.13. The number of rotatable bonds is 6. The number of carbonyl (C=O) groups is 2. The number of guanidine groups is 1. The molecule has 0 radical (unpaired) electrons. The molecule has 2 N–H and O–H groups in total. The maximum absolute atomic E-state index is 12.6. The van der Waals surface area contributed by atoms with Gasteiger partial charge in [-0.05, 0) is 25.0 Å². The maximum Gasteiger partial charge on any atom is 0.233 e. The summed E-state index contributed by atoms with van der Waals surface area (Å²) in [4.78, 5) is 38.9. The van der Waals surface area contributed by atoms with Crippen molar-refractivity contribution in [3.8, 4) is 17.7 Å². The van der Waals surface area contributed by atoms with Crippen LogP contribution < -0.4 is 10.5 Å². The molecule has 1 aromatic heterocycles. The fraction of sp³-hybridized carbons (Fsp3) is 0.318. The number of nitrogens with two attached hydrogens (primary N) is 1. The van der Waals surface area contributed by atoms with E-state index in [4.69, 9.17) is 10.5 Å². The highest BCUT2D eigenvalue weighted by Crippen LogP contribution is 2.33. The van der Waals surface area contributed by atoms with Crippen LogP contribution in [0.1, 0.15) is 41.9 Å². The summed E-state index contributed by atoms with van der Waals surface area (Å²) in [6.45, 7) is 3.80. The highest BCUT2D eigenvalue weighted by Gasteiger charge is 2.36. The molecular formula is C22H23N5O3. The molecule has 30 heavy (non-hydrogen) atoms. The van der Waals surface area contributed by atoms with Gasteiger partial charge in [0.1, 0.15) is 5.69 Å². The molecule has 3 rings (SSSR count). The van der Waals surface area contributed by atoms with Crippen LogP contribution in [0.2, 0.25) is 0 Å². The van der Waals surface area contributed by atoms with Crippen molar-refractivity contribution >= 4 is 17.6 Å². The summed E-state index contributed by atoms with van der Waals surface area (Å²) in [6, 6.07) is 7.45. The number of hydrogen-bond acceptors (Lipinski definition) is 7. The quantitative estimate of drug-likeness (QED) is 0.578. The number of aromatic nitrogens is 2. The fourth-order valence-corrected chi connectivity index (χ4v) is 3.08. The Labute approximate surface area is 175 Å². The van der Waals surface area contributed by atoms with Gasteiger partial charge in [0.15, 0.2) is 18.3 Å². The summed E-state index contributed by atoms with van der Waals surface area (Å²) in [5.74, 6) is 5.70. The summed E-state index contributed by atoms with van der Waals surface area (Å²) < 4.78 is 5.31. The van der Waals surface area contributed by atoms with Gasteiger partial charge in [-0.25, -0.2) is 15.0 Å². The van der Waals surface area contributed by atoms with Gasteiger partial charge in [-0.3, -0.25) is 14.5 Å². The van der Waals surface area contributed by atoms with Crippen LogP contribution in [-0.2, 0) is 16.8 Å². The highest BCUT2D eigenvalue weighted by atomic mass is 16.5. The van der Waals surface area contributed by atoms with E-state index >= 15 is 0 Å². The van der Waals surface area contributed by atoms with E-state index < -0.39 is 5.54 Å². The Morgan fingerprint density at radius 2 is 2.13 bits per heavy atom. The van der Waals surface area contributed by atoms with Crippen molar-refractivity contribution in [2.75, 3.05) is 13.7 Å². The van der Waals surface area contributed by atoms with Gasteiger partial charge in [0.05, 0.1) is 24.4 Å². The van der Waals surface area contributed by atoms with Crippen molar-refractivity contribution in [1.29, 1.82) is 0 Å². The lowest BCUT2D eigenvalue weighted by Crippen LogP contribution is -2.47. The molecule has 2 aromatic rings. The van der Waals surface area contributed by atoms with Crippen LogP contribution in [0.25, 0.3) is 0 Å². The number of benzene rings is 1. The van der Waals surface area contributed by atoms with Crippen molar-refractivity contribution in [3.63, 3.8) is 0 Å². The average molecular weight is 405 g/mol. The number of ether oxygens (including phenoxy) is 1. The SMILES string of the molecule is CC#CCOc1cnc(C(=O)Cc2cccc(C3(C)CC(=O)N(C)C(N)=N3)c2)cn1. The van der Waals surface area contributed by atoms with Gasteiger partial charge in [0, 0.05) is 13.5 Å². The summed E-state index contributed by atoms with van der Waals surface area (Å²) in [6.07, 6.45) is 3.15. The second-order valence-electron chi connectivity index (χ2n) is 7.13. The molecule has 0 bridgehead atoms. The van der Waals surface area contributed by atoms with Crippen molar-refractivity contribution < 1.29 is 14.3 Å². The molecule has 1 amide bonds. The molecule has 0 fully saturated rings. The fourth-order valence-electron chi connectivity index (χ4n) is 3.08. The number of Topliss-reactive ketones (excluding diaryl/α,β-unsaturated/α-hetero) is 1. The van der Waals surface area contributed by atoms with Crippen molar-refractivity contribution in [1.82, 2.24) is 14.9 Å². The Hall–Kier alpha value is -3.73. The minimum atomic E-state index is -0.771. The van der Waals surface area contributed by atoms with Crippen molar-refractivity contribution in [2.45, 2.75) is 32.2 Å². The first-order valence-electron chi connectivity index (χ1n) is 9.41. The van der Waals surface area contributed by atoms with Gasteiger partial charge >= 0.3 is 0 Å². The first-order chi connectivity index (χ1) is 14.3. The molecule has 0 aliphatic carbocycles. The molecule has 8 nitrogen and oxygen atoms in total. The van der Waals surface area contributed by atoms with E-state index in [0.29, 0.717) is 5.88 Å². The van der Waals surface area contributed by atoms with Crippen LogP contribution in [0.15, 0.2) is 41.7 Å². The Morgan fingerprint density at radius 1 is 1.33 bits per heavy atom. The number of aliphatic imine (C=N–C) groups is 1. The first kappa shape index (κ1) is 21.0. The molecule has 0 spiro atoms. The second kappa shape index (κ2) is 8.74. The van der Waals surface area contributed by atoms with Gasteiger partial charge in [0.2, 0.25) is 11.8 Å². The zero-order chi connectivity index (χ0) is 21.7. The Balaban J connectivity index is 1.74. The monoisotopic (exact) mass is 405 g/mol. The van der Waals surface area contributed by atoms with Gasteiger partial charge in [0.25, 0.3) is 0 Å². The largest absolute Gasteiger partial charge is 0.463 e. The summed E-state index contributed by atoms with van der Waals surface area (Å²) >= 11 is 0. The normalized spacial score (nSPS) is 18.3. The van der Waals surface area contributed by atoms with E-state index in [2.05, 4.69) is 26.8 Å². The van der Waals surface area contributed by atoms with Gasteiger partial charge in [-0.15, -0.1) is 5.92 Å². The zero-order valence-corrected chi connectivity index (χ0v) is 17.2. The molecule has 8 heteroatoms. The van der Waals surface area contributed by atoms with E-state index in [0.717, 1.165) is 11.1 Å². The van der Waals surface area contributed by atoms with E-state index in [-0.39, 0.29) is 42.8 Å². The molecule has 1 aliphatic heterocycles. The molecule has 154 valence electrons. The third-order valence-corrected chi connectivity index (χ3v) is 4.87. The van der Waals surface area contributed by atoms with Crippen molar-refractivity contribution in [3.05, 3.63) is 53.5 Å². The van der Waals surface area contributed by atoms with Crippen LogP contribution in [0.5, 0.6) is 5.88 Å². The van der Waals surface area contributed by atoms with Gasteiger partial charge in [-0.1, -0.05) is 30.2 Å². The van der Waals surface area contributed by atoms with E-state index in [1.54, 1.807) is 14.0 Å². The number of nitrogens with zero attached hydrogens (tertiary/aromatic N) is 4. The Bertz CT molecular complexity index is 1050. The van der Waals surface area contributed by atoms with Crippen LogP contribution in [0.3, 0.4) is 0 Å². The number of amides is 1. The molecule has 0 saturated carbocycles.